The summed E-state index contributed by atoms with van der Waals surface area (Å²) in [5.41, 5.74) is 8.97. The molecule has 0 spiro atoms. The van der Waals surface area contributed by atoms with E-state index in [1.807, 2.05) is 0 Å². The lowest BCUT2D eigenvalue weighted by Crippen LogP contribution is -2.24. The maximum atomic E-state index is 6.73. The molecule has 9 aromatic carbocycles. The van der Waals surface area contributed by atoms with Crippen LogP contribution in [0.25, 0.3) is 82.2 Å². The van der Waals surface area contributed by atoms with Gasteiger partial charge in [-0.25, -0.2) is 4.98 Å². The molecule has 0 aliphatic heterocycles. The van der Waals surface area contributed by atoms with Crippen molar-refractivity contribution < 1.29 is 0 Å². The Morgan fingerprint density at radius 1 is 0.382 bits per heavy atom. The number of pyridine rings is 1. The van der Waals surface area contributed by atoms with Gasteiger partial charge < -0.3 is 0 Å². The quantitative estimate of drug-likeness (QED) is 0.129. The second-order valence-electron chi connectivity index (χ2n) is 14.3. The van der Waals surface area contributed by atoms with E-state index in [1.54, 1.807) is 0 Å². The SMILES string of the molecule is S=P(c1ccccc1)(c1ccc(-c2ccc(-c3ccc4c5ccc6ccccc6c5c5nc6ccccc6n5c4c3)cc2)cc1)c1ccc2ccccc2c1. The smallest absolute Gasteiger partial charge is 0.147 e. The molecule has 0 saturated carbocycles. The standard InChI is InChI=1S/C51H33N2PS/c55-54(41-13-2-1-3-14-41,43-29-24-34-10-4-5-12-39(34)32-43)42-27-22-36(23-28-42)35-18-20-37(21-19-35)40-26-30-45-46-31-25-38-11-6-7-15-44(38)50(46)51-52-47-16-8-9-17-48(47)53(51)49(45)33-40/h1-33H. The fourth-order valence-electron chi connectivity index (χ4n) is 8.48. The number of rotatable bonds is 5. The van der Waals surface area contributed by atoms with Gasteiger partial charge in [-0.1, -0.05) is 188 Å². The molecule has 0 aliphatic carbocycles. The average Bonchev–Trinajstić information content (AvgIpc) is 3.66. The lowest BCUT2D eigenvalue weighted by Gasteiger charge is -2.25. The van der Waals surface area contributed by atoms with Crippen molar-refractivity contribution in [2.24, 2.45) is 0 Å². The Labute approximate surface area is 324 Å². The molecule has 258 valence electrons. The first-order chi connectivity index (χ1) is 27.1. The Kier molecular flexibility index (Phi) is 7.35. The van der Waals surface area contributed by atoms with E-state index in [1.165, 1.54) is 75.9 Å². The highest BCUT2D eigenvalue weighted by Crippen LogP contribution is 2.44. The minimum atomic E-state index is -2.29. The van der Waals surface area contributed by atoms with Gasteiger partial charge in [0.1, 0.15) is 5.65 Å². The number of nitrogens with zero attached hydrogens (tertiary/aromatic N) is 2. The van der Waals surface area contributed by atoms with E-state index in [9.17, 15) is 0 Å². The Hall–Kier alpha value is -6.38. The third-order valence-corrected chi connectivity index (χ3v) is 16.2. The Balaban J connectivity index is 0.988. The monoisotopic (exact) mass is 736 g/mol. The van der Waals surface area contributed by atoms with Gasteiger partial charge in [0.25, 0.3) is 0 Å². The zero-order valence-corrected chi connectivity index (χ0v) is 31.5. The van der Waals surface area contributed by atoms with Crippen molar-refractivity contribution in [1.29, 1.82) is 0 Å². The van der Waals surface area contributed by atoms with E-state index in [0.717, 1.165) is 22.2 Å². The Morgan fingerprint density at radius 3 is 1.75 bits per heavy atom. The number of hydrogen-bond acceptors (Lipinski definition) is 2. The van der Waals surface area contributed by atoms with Gasteiger partial charge in [0, 0.05) is 16.8 Å². The lowest BCUT2D eigenvalue weighted by atomic mass is 9.96. The van der Waals surface area contributed by atoms with Crippen LogP contribution in [0.1, 0.15) is 0 Å². The van der Waals surface area contributed by atoms with Gasteiger partial charge in [-0.05, 0) is 89.4 Å². The highest BCUT2D eigenvalue weighted by Gasteiger charge is 2.25. The molecule has 2 aromatic heterocycles. The number of para-hydroxylation sites is 2. The van der Waals surface area contributed by atoms with Crippen molar-refractivity contribution in [3.63, 3.8) is 0 Å². The second-order valence-corrected chi connectivity index (χ2v) is 18.7. The zero-order valence-electron chi connectivity index (χ0n) is 29.8. The highest BCUT2D eigenvalue weighted by atomic mass is 32.4. The third kappa shape index (κ3) is 5.08. The normalized spacial score (nSPS) is 12.9. The molecule has 11 rings (SSSR count). The fourth-order valence-corrected chi connectivity index (χ4v) is 12.2. The van der Waals surface area contributed by atoms with Gasteiger partial charge in [0.2, 0.25) is 0 Å². The molecular weight excluding hydrogens is 704 g/mol. The molecule has 0 bridgehead atoms. The van der Waals surface area contributed by atoms with Crippen molar-refractivity contribution in [3.05, 3.63) is 200 Å². The van der Waals surface area contributed by atoms with Crippen molar-refractivity contribution in [2.75, 3.05) is 0 Å². The van der Waals surface area contributed by atoms with Gasteiger partial charge in [-0.2, -0.15) is 0 Å². The minimum Gasteiger partial charge on any atom is -0.292 e. The van der Waals surface area contributed by atoms with Gasteiger partial charge in [0.05, 0.1) is 16.6 Å². The van der Waals surface area contributed by atoms with Gasteiger partial charge in [-0.15, -0.1) is 0 Å². The van der Waals surface area contributed by atoms with E-state index in [2.05, 4.69) is 205 Å². The highest BCUT2D eigenvalue weighted by molar-refractivity contribution is 8.25. The van der Waals surface area contributed by atoms with Crippen molar-refractivity contribution in [3.8, 4) is 22.3 Å². The number of fused-ring (bicyclic) bond motifs is 11. The summed E-state index contributed by atoms with van der Waals surface area (Å²) in [6, 6.07) is 70.1. The van der Waals surface area contributed by atoms with Crippen molar-refractivity contribution in [2.45, 2.75) is 0 Å². The predicted molar refractivity (Wildman–Crippen MR) is 240 cm³/mol. The third-order valence-electron chi connectivity index (χ3n) is 11.2. The molecule has 0 saturated heterocycles. The zero-order chi connectivity index (χ0) is 36.5. The lowest BCUT2D eigenvalue weighted by molar-refractivity contribution is 1.32. The molecule has 0 aliphatic rings. The molecule has 4 heteroatoms. The maximum Gasteiger partial charge on any atom is 0.147 e. The molecule has 11 aromatic rings. The van der Waals surface area contributed by atoms with Crippen LogP contribution in [0.15, 0.2) is 200 Å². The van der Waals surface area contributed by atoms with Crippen LogP contribution in [0.2, 0.25) is 0 Å². The van der Waals surface area contributed by atoms with Crippen LogP contribution < -0.4 is 15.9 Å². The average molecular weight is 737 g/mol. The molecule has 0 amide bonds. The summed E-state index contributed by atoms with van der Waals surface area (Å²) in [4.78, 5) is 5.22. The van der Waals surface area contributed by atoms with Crippen LogP contribution in [0.5, 0.6) is 0 Å². The van der Waals surface area contributed by atoms with E-state index < -0.39 is 6.04 Å². The number of benzene rings is 9. The molecule has 1 atom stereocenters. The number of aromatic nitrogens is 2. The predicted octanol–water partition coefficient (Wildman–Crippen LogP) is 12.2. The molecule has 0 N–H and O–H groups in total. The van der Waals surface area contributed by atoms with E-state index >= 15 is 0 Å². The number of imidazole rings is 1. The summed E-state index contributed by atoms with van der Waals surface area (Å²) in [7, 11) is 0. The second kappa shape index (κ2) is 12.6. The van der Waals surface area contributed by atoms with Gasteiger partial charge in [0.15, 0.2) is 0 Å². The van der Waals surface area contributed by atoms with Crippen molar-refractivity contribution in [1.82, 2.24) is 9.38 Å². The molecule has 0 radical (unpaired) electrons. The molecule has 1 unspecified atom stereocenters. The first-order valence-corrected chi connectivity index (χ1v) is 21.4. The first kappa shape index (κ1) is 32.1. The van der Waals surface area contributed by atoms with Gasteiger partial charge in [-0.3, -0.25) is 4.40 Å². The molecule has 2 nitrogen and oxygen atoms in total. The molecule has 2 heterocycles. The topological polar surface area (TPSA) is 17.3 Å². The van der Waals surface area contributed by atoms with Crippen LogP contribution in [0.4, 0.5) is 0 Å². The van der Waals surface area contributed by atoms with E-state index in [-0.39, 0.29) is 0 Å². The van der Waals surface area contributed by atoms with Gasteiger partial charge >= 0.3 is 0 Å². The fraction of sp³-hybridized carbons (Fsp3) is 0. The van der Waals surface area contributed by atoms with Crippen LogP contribution >= 0.6 is 6.04 Å². The van der Waals surface area contributed by atoms with Crippen LogP contribution in [-0.2, 0) is 11.8 Å². The summed E-state index contributed by atoms with van der Waals surface area (Å²) in [5, 5.41) is 12.1. The summed E-state index contributed by atoms with van der Waals surface area (Å²) in [5.74, 6) is 0. The van der Waals surface area contributed by atoms with E-state index in [0.29, 0.717) is 0 Å². The van der Waals surface area contributed by atoms with Crippen LogP contribution in [0, 0.1) is 0 Å². The first-order valence-electron chi connectivity index (χ1n) is 18.6. The summed E-state index contributed by atoms with van der Waals surface area (Å²) in [6.45, 7) is 0. The summed E-state index contributed by atoms with van der Waals surface area (Å²) >= 11 is 6.73. The van der Waals surface area contributed by atoms with Crippen LogP contribution in [-0.4, -0.2) is 9.38 Å². The summed E-state index contributed by atoms with van der Waals surface area (Å²) < 4.78 is 2.36. The van der Waals surface area contributed by atoms with Crippen molar-refractivity contribution >= 4 is 93.7 Å². The Bertz CT molecular complexity index is 3330. The Morgan fingerprint density at radius 2 is 0.945 bits per heavy atom. The summed E-state index contributed by atoms with van der Waals surface area (Å²) in [6.07, 6.45) is 0. The minimum absolute atomic E-state index is 0.995. The maximum absolute atomic E-state index is 6.73. The van der Waals surface area contributed by atoms with Crippen LogP contribution in [0.3, 0.4) is 0 Å². The largest absolute Gasteiger partial charge is 0.292 e. The van der Waals surface area contributed by atoms with E-state index in [4.69, 9.17) is 16.8 Å². The molecule has 55 heavy (non-hydrogen) atoms. The molecular formula is C51H33N2PS. The number of hydrogen-bond donors (Lipinski definition) is 0. The molecule has 0 fully saturated rings.